The molecule has 404 valence electrons. The average molecular weight is 1030 g/mol. The molecule has 2 fully saturated rings. The number of pyridine rings is 2. The molecule has 2 aromatic heterocycles. The van der Waals surface area contributed by atoms with Gasteiger partial charge in [0, 0.05) is 39.9 Å². The number of hydrogen-bond donors (Lipinski definition) is 2. The summed E-state index contributed by atoms with van der Waals surface area (Å²) < 4.78 is 4.83. The minimum atomic E-state index is -0.459. The molecule has 6 aromatic rings. The van der Waals surface area contributed by atoms with Crippen LogP contribution < -0.4 is 0 Å². The lowest BCUT2D eigenvalue weighted by Gasteiger charge is -2.34. The summed E-state index contributed by atoms with van der Waals surface area (Å²) in [6.45, 7) is 21.0. The van der Waals surface area contributed by atoms with Crippen LogP contribution in [0.2, 0.25) is 0 Å². The van der Waals surface area contributed by atoms with Crippen molar-refractivity contribution >= 4 is 12.6 Å². The molecule has 0 unspecified atom stereocenters. The fraction of sp³-hybridized carbons (Fsp3) is 0.471. The first-order chi connectivity index (χ1) is 36.6. The molecule has 2 aliphatic rings. The molecule has 2 heterocycles. The molecule has 76 heavy (non-hydrogen) atoms. The predicted molar refractivity (Wildman–Crippen MR) is 307 cm³/mol. The third-order valence-electron chi connectivity index (χ3n) is 17.6. The van der Waals surface area contributed by atoms with Gasteiger partial charge in [0.05, 0.1) is 22.6 Å². The summed E-state index contributed by atoms with van der Waals surface area (Å²) in [7, 11) is 0. The van der Waals surface area contributed by atoms with E-state index in [-0.39, 0.29) is 23.6 Å². The molecule has 0 aliphatic heterocycles. The first-order valence-electron chi connectivity index (χ1n) is 28.4. The van der Waals surface area contributed by atoms with Gasteiger partial charge in [-0.1, -0.05) is 152 Å². The molecule has 0 saturated heterocycles. The molecule has 0 atom stereocenters. The SMILES string of the molecule is CCC(CC)(c1ccc(CCC2(O)CCCC2)c(C)c1)c1ccc(-c2ccc(COC=O)cn2)c(C)c1.CCCc1ccc(-c2ccc(C(CC)(CC)c3ccc(CCC4(O)CCCC4)c(C)c3)cc2C)nc1.O=C=O. The monoisotopic (exact) mass is 1030 g/mol. The van der Waals surface area contributed by atoms with E-state index < -0.39 is 11.2 Å². The van der Waals surface area contributed by atoms with Gasteiger partial charge in [-0.05, 0) is 184 Å². The zero-order valence-electron chi connectivity index (χ0n) is 47.3. The second-order valence-corrected chi connectivity index (χ2v) is 22.1. The quantitative estimate of drug-likeness (QED) is 0.0683. The largest absolute Gasteiger partial charge is 0.463 e. The van der Waals surface area contributed by atoms with Crippen LogP contribution in [0, 0.1) is 27.7 Å². The van der Waals surface area contributed by atoms with Crippen molar-refractivity contribution in [3.05, 3.63) is 176 Å². The molecule has 2 N–H and O–H groups in total. The summed E-state index contributed by atoms with van der Waals surface area (Å²) in [5.41, 5.74) is 18.9. The van der Waals surface area contributed by atoms with Crippen molar-refractivity contribution in [3.63, 3.8) is 0 Å². The van der Waals surface area contributed by atoms with Crippen molar-refractivity contribution in [2.45, 2.75) is 207 Å². The second-order valence-electron chi connectivity index (χ2n) is 22.1. The normalized spacial score (nSPS) is 14.7. The number of aromatic nitrogens is 2. The number of aryl methyl sites for hydroxylation is 7. The van der Waals surface area contributed by atoms with E-state index in [9.17, 15) is 15.0 Å². The van der Waals surface area contributed by atoms with Gasteiger partial charge < -0.3 is 14.9 Å². The highest BCUT2D eigenvalue weighted by atomic mass is 16.5. The zero-order chi connectivity index (χ0) is 54.9. The van der Waals surface area contributed by atoms with Crippen molar-refractivity contribution in [1.29, 1.82) is 0 Å². The van der Waals surface area contributed by atoms with E-state index in [1.165, 1.54) is 79.6 Å². The van der Waals surface area contributed by atoms with Crippen molar-refractivity contribution in [1.82, 2.24) is 9.97 Å². The molecule has 4 aromatic carbocycles. The van der Waals surface area contributed by atoms with Gasteiger partial charge in [-0.3, -0.25) is 14.8 Å². The summed E-state index contributed by atoms with van der Waals surface area (Å²) in [6, 6.07) is 36.2. The number of carbonyl (C=O) groups excluding carboxylic acids is 3. The third-order valence-corrected chi connectivity index (χ3v) is 17.6. The molecule has 0 amide bonds. The van der Waals surface area contributed by atoms with Gasteiger partial charge in [0.15, 0.2) is 0 Å². The highest BCUT2D eigenvalue weighted by Gasteiger charge is 2.35. The Balaban J connectivity index is 0.000000235. The topological polar surface area (TPSA) is 127 Å². The Morgan fingerprint density at radius 1 is 0.526 bits per heavy atom. The fourth-order valence-corrected chi connectivity index (χ4v) is 12.6. The maximum atomic E-state index is 10.8. The van der Waals surface area contributed by atoms with Crippen molar-refractivity contribution in [2.75, 3.05) is 0 Å². The number of ether oxygens (including phenoxy) is 1. The van der Waals surface area contributed by atoms with Crippen LogP contribution in [-0.4, -0.2) is 44.0 Å². The van der Waals surface area contributed by atoms with E-state index in [0.717, 1.165) is 125 Å². The van der Waals surface area contributed by atoms with Crippen molar-refractivity contribution in [2.24, 2.45) is 0 Å². The molecule has 8 nitrogen and oxygen atoms in total. The zero-order valence-corrected chi connectivity index (χ0v) is 47.3. The lowest BCUT2D eigenvalue weighted by molar-refractivity contribution is -0.191. The number of benzene rings is 4. The molecular formula is C68H86N2O6. The van der Waals surface area contributed by atoms with Crippen LogP contribution >= 0.6 is 0 Å². The number of rotatable bonds is 21. The lowest BCUT2D eigenvalue weighted by Crippen LogP contribution is -2.27. The Hall–Kier alpha value is -6.05. The molecule has 0 spiro atoms. The van der Waals surface area contributed by atoms with Gasteiger partial charge in [-0.2, -0.15) is 9.59 Å². The van der Waals surface area contributed by atoms with Crippen LogP contribution in [0.4, 0.5) is 0 Å². The van der Waals surface area contributed by atoms with Gasteiger partial charge >= 0.3 is 6.15 Å². The van der Waals surface area contributed by atoms with Gasteiger partial charge in [0.25, 0.3) is 6.47 Å². The number of hydrogen-bond acceptors (Lipinski definition) is 8. The number of nitrogens with zero attached hydrogens (tertiary/aromatic N) is 2. The third kappa shape index (κ3) is 14.1. The van der Waals surface area contributed by atoms with Gasteiger partial charge in [-0.25, -0.2) is 0 Å². The number of aliphatic hydroxyl groups is 2. The molecule has 8 rings (SSSR count). The molecule has 2 saturated carbocycles. The highest BCUT2D eigenvalue weighted by molar-refractivity contribution is 5.66. The highest BCUT2D eigenvalue weighted by Crippen LogP contribution is 2.44. The van der Waals surface area contributed by atoms with Gasteiger partial charge in [-0.15, -0.1) is 0 Å². The van der Waals surface area contributed by atoms with Gasteiger partial charge in [0.2, 0.25) is 0 Å². The van der Waals surface area contributed by atoms with E-state index in [4.69, 9.17) is 19.3 Å². The molecule has 0 bridgehead atoms. The summed E-state index contributed by atoms with van der Waals surface area (Å²) in [5, 5.41) is 21.6. The Morgan fingerprint density at radius 2 is 0.895 bits per heavy atom. The molecular weight excluding hydrogens is 941 g/mol. The fourth-order valence-electron chi connectivity index (χ4n) is 12.6. The molecule has 0 radical (unpaired) electrons. The van der Waals surface area contributed by atoms with Crippen LogP contribution in [0.15, 0.2) is 109 Å². The smallest absolute Gasteiger partial charge is 0.373 e. The van der Waals surface area contributed by atoms with Crippen LogP contribution in [0.5, 0.6) is 0 Å². The van der Waals surface area contributed by atoms with E-state index in [0.29, 0.717) is 6.47 Å². The van der Waals surface area contributed by atoms with Crippen molar-refractivity contribution in [3.8, 4) is 22.5 Å². The van der Waals surface area contributed by atoms with Crippen LogP contribution in [0.25, 0.3) is 22.5 Å². The molecule has 2 aliphatic carbocycles. The first-order valence-corrected chi connectivity index (χ1v) is 28.4. The minimum Gasteiger partial charge on any atom is -0.463 e. The van der Waals surface area contributed by atoms with E-state index in [2.05, 4.69) is 152 Å². The van der Waals surface area contributed by atoms with E-state index >= 15 is 0 Å². The van der Waals surface area contributed by atoms with Crippen molar-refractivity contribution < 1.29 is 29.3 Å². The Bertz CT molecular complexity index is 2840. The number of carbonyl (C=O) groups is 1. The Kier molecular flexibility index (Phi) is 21.3. The summed E-state index contributed by atoms with van der Waals surface area (Å²) in [4.78, 5) is 36.1. The minimum absolute atomic E-state index is 0.00531. The summed E-state index contributed by atoms with van der Waals surface area (Å²) in [6.07, 6.45) is 22.6. The molecule has 8 heteroatoms. The van der Waals surface area contributed by atoms with E-state index in [1.54, 1.807) is 6.20 Å². The van der Waals surface area contributed by atoms with E-state index in [1.807, 2.05) is 18.3 Å². The second kappa shape index (κ2) is 27.3. The van der Waals surface area contributed by atoms with Crippen LogP contribution in [0.1, 0.15) is 198 Å². The average Bonchev–Trinajstić information content (AvgIpc) is 4.09. The maximum absolute atomic E-state index is 10.8. The standard InChI is InChI=1S/C34H45NO.C33H41NO3.CO2/c1-6-11-27-12-17-32(35-24-27)31-16-15-30(23-26(31)5)34(7-2,8-3)29-14-13-28(25(4)22-29)18-21-33(36)19-9-10-20-33;1-5-33(6-2,28-11-10-27(24(3)19-28)15-18-32(36)16-7-8-17-32)29-12-13-30(25(4)20-29)31-14-9-26(21-34-31)22-37-23-35;2-1-3/h12-17,22-24,36H,6-11,18-21H2,1-5H3;9-14,19-21,23,36H,5-8,15-18,22H2,1-4H3;. The maximum Gasteiger partial charge on any atom is 0.373 e. The van der Waals surface area contributed by atoms with Gasteiger partial charge in [0.1, 0.15) is 6.61 Å². The lowest BCUT2D eigenvalue weighted by atomic mass is 9.69. The summed E-state index contributed by atoms with van der Waals surface area (Å²) >= 11 is 0. The Morgan fingerprint density at radius 3 is 1.21 bits per heavy atom. The van der Waals surface area contributed by atoms with Crippen LogP contribution in [0.3, 0.4) is 0 Å². The summed E-state index contributed by atoms with van der Waals surface area (Å²) in [5.74, 6) is 0. The Labute approximate surface area is 455 Å². The first kappa shape index (κ1) is 59.2. The van der Waals surface area contributed by atoms with Crippen LogP contribution in [-0.2, 0) is 55.8 Å². The predicted octanol–water partition coefficient (Wildman–Crippen LogP) is 15.5.